The second kappa shape index (κ2) is 9.33. The monoisotopic (exact) mass is 336 g/mol. The van der Waals surface area contributed by atoms with E-state index in [0.29, 0.717) is 18.9 Å². The normalized spacial score (nSPS) is 11.8. The highest BCUT2D eigenvalue weighted by molar-refractivity contribution is 5.85. The fourth-order valence-electron chi connectivity index (χ4n) is 2.29. The highest BCUT2D eigenvalue weighted by Gasteiger charge is 2.14. The molecule has 0 saturated heterocycles. The minimum absolute atomic E-state index is 0. The molecule has 0 bridgehead atoms. The molecule has 0 spiro atoms. The number of halogens is 1. The van der Waals surface area contributed by atoms with E-state index in [1.807, 2.05) is 29.1 Å². The van der Waals surface area contributed by atoms with Crippen molar-refractivity contribution >= 4 is 18.3 Å². The van der Waals surface area contributed by atoms with Crippen LogP contribution in [0.1, 0.15) is 31.4 Å². The lowest BCUT2D eigenvalue weighted by atomic mass is 10.0. The number of nitrogens with zero attached hydrogens (tertiary/aromatic N) is 2. The van der Waals surface area contributed by atoms with Crippen LogP contribution in [0.25, 0.3) is 0 Å². The molecule has 1 amide bonds. The average molecular weight is 337 g/mol. The molecule has 1 atom stereocenters. The lowest BCUT2D eigenvalue weighted by Gasteiger charge is -2.13. The Hall–Kier alpha value is -1.85. The van der Waals surface area contributed by atoms with Crippen LogP contribution in [0.3, 0.4) is 0 Å². The van der Waals surface area contributed by atoms with E-state index in [2.05, 4.69) is 36.4 Å². The van der Waals surface area contributed by atoms with E-state index >= 15 is 0 Å². The number of benzene rings is 1. The molecule has 23 heavy (non-hydrogen) atoms. The first kappa shape index (κ1) is 19.2. The van der Waals surface area contributed by atoms with Gasteiger partial charge in [0.2, 0.25) is 5.91 Å². The van der Waals surface area contributed by atoms with Crippen LogP contribution in [-0.4, -0.2) is 21.7 Å². The standard InChI is InChI=1S/C17H24N4O.ClH/c1-13(2)8-16(18)17(22)19-9-15-10-20-21(12-15)11-14-6-4-3-5-7-14;/h3-7,10,12-13,16H,8-9,11,18H2,1-2H3,(H,19,22);1H/t16-;/m0./s1. The maximum absolute atomic E-state index is 11.9. The van der Waals surface area contributed by atoms with Crippen LogP contribution in [0.5, 0.6) is 0 Å². The van der Waals surface area contributed by atoms with E-state index < -0.39 is 6.04 Å². The zero-order valence-electron chi connectivity index (χ0n) is 13.6. The molecule has 6 heteroatoms. The van der Waals surface area contributed by atoms with Crippen molar-refractivity contribution in [3.63, 3.8) is 0 Å². The van der Waals surface area contributed by atoms with E-state index in [1.54, 1.807) is 6.20 Å². The molecule has 0 aliphatic heterocycles. The number of rotatable bonds is 7. The maximum atomic E-state index is 11.9. The fraction of sp³-hybridized carbons (Fsp3) is 0.412. The van der Waals surface area contributed by atoms with Crippen molar-refractivity contribution in [2.75, 3.05) is 0 Å². The predicted octanol–water partition coefficient (Wildman–Crippen LogP) is 2.34. The van der Waals surface area contributed by atoms with Crippen LogP contribution in [-0.2, 0) is 17.9 Å². The van der Waals surface area contributed by atoms with Gasteiger partial charge in [0.25, 0.3) is 0 Å². The summed E-state index contributed by atoms with van der Waals surface area (Å²) in [6.45, 7) is 5.29. The zero-order valence-corrected chi connectivity index (χ0v) is 14.4. The Morgan fingerprint density at radius 1 is 1.26 bits per heavy atom. The first-order chi connectivity index (χ1) is 10.5. The van der Waals surface area contributed by atoms with Crippen molar-refractivity contribution in [3.05, 3.63) is 53.9 Å². The number of hydrogen-bond acceptors (Lipinski definition) is 3. The van der Waals surface area contributed by atoms with Crippen LogP contribution < -0.4 is 11.1 Å². The summed E-state index contributed by atoms with van der Waals surface area (Å²) in [5, 5.41) is 7.18. The summed E-state index contributed by atoms with van der Waals surface area (Å²) in [5.41, 5.74) is 8.02. The van der Waals surface area contributed by atoms with Gasteiger partial charge in [-0.1, -0.05) is 44.2 Å². The molecular formula is C17H25ClN4O. The van der Waals surface area contributed by atoms with Gasteiger partial charge < -0.3 is 11.1 Å². The molecule has 5 nitrogen and oxygen atoms in total. The number of carbonyl (C=O) groups excluding carboxylic acids is 1. The maximum Gasteiger partial charge on any atom is 0.237 e. The van der Waals surface area contributed by atoms with Crippen molar-refractivity contribution in [3.8, 4) is 0 Å². The number of nitrogens with one attached hydrogen (secondary N) is 1. The lowest BCUT2D eigenvalue weighted by Crippen LogP contribution is -2.40. The van der Waals surface area contributed by atoms with Crippen LogP contribution >= 0.6 is 12.4 Å². The molecule has 0 aliphatic rings. The largest absolute Gasteiger partial charge is 0.351 e. The second-order valence-corrected chi connectivity index (χ2v) is 5.99. The van der Waals surface area contributed by atoms with Gasteiger partial charge in [-0.05, 0) is 17.9 Å². The van der Waals surface area contributed by atoms with Gasteiger partial charge in [-0.15, -0.1) is 12.4 Å². The molecule has 0 unspecified atom stereocenters. The van der Waals surface area contributed by atoms with Gasteiger partial charge in [0.1, 0.15) is 0 Å². The van der Waals surface area contributed by atoms with Gasteiger partial charge in [-0.2, -0.15) is 5.10 Å². The third-order valence-corrected chi connectivity index (χ3v) is 3.40. The molecule has 1 aromatic heterocycles. The number of hydrogen-bond donors (Lipinski definition) is 2. The Kier molecular flexibility index (Phi) is 7.78. The topological polar surface area (TPSA) is 72.9 Å². The third kappa shape index (κ3) is 6.42. The Balaban J connectivity index is 0.00000264. The van der Waals surface area contributed by atoms with Crippen LogP contribution in [0, 0.1) is 5.92 Å². The van der Waals surface area contributed by atoms with Crippen molar-refractivity contribution in [1.29, 1.82) is 0 Å². The third-order valence-electron chi connectivity index (χ3n) is 3.40. The number of carbonyl (C=O) groups is 1. The Labute approximate surface area is 143 Å². The minimum atomic E-state index is -0.445. The van der Waals surface area contributed by atoms with E-state index in [4.69, 9.17) is 5.73 Å². The van der Waals surface area contributed by atoms with Crippen molar-refractivity contribution in [1.82, 2.24) is 15.1 Å². The van der Waals surface area contributed by atoms with E-state index in [1.165, 1.54) is 5.56 Å². The summed E-state index contributed by atoms with van der Waals surface area (Å²) in [7, 11) is 0. The molecular weight excluding hydrogens is 312 g/mol. The van der Waals surface area contributed by atoms with Crippen LogP contribution in [0.2, 0.25) is 0 Å². The molecule has 0 fully saturated rings. The summed E-state index contributed by atoms with van der Waals surface area (Å²) >= 11 is 0. The molecule has 3 N–H and O–H groups in total. The van der Waals surface area contributed by atoms with Crippen LogP contribution in [0.4, 0.5) is 0 Å². The SMILES string of the molecule is CC(C)C[C@H](N)C(=O)NCc1cnn(Cc2ccccc2)c1.Cl. The van der Waals surface area contributed by atoms with Gasteiger partial charge in [0, 0.05) is 18.3 Å². The van der Waals surface area contributed by atoms with Crippen molar-refractivity contribution in [2.24, 2.45) is 11.7 Å². The van der Waals surface area contributed by atoms with Gasteiger partial charge in [0.15, 0.2) is 0 Å². The fourth-order valence-corrected chi connectivity index (χ4v) is 2.29. The molecule has 1 heterocycles. The molecule has 0 radical (unpaired) electrons. The van der Waals surface area contributed by atoms with E-state index in [9.17, 15) is 4.79 Å². The van der Waals surface area contributed by atoms with E-state index in [0.717, 1.165) is 12.1 Å². The van der Waals surface area contributed by atoms with E-state index in [-0.39, 0.29) is 18.3 Å². The first-order valence-corrected chi connectivity index (χ1v) is 7.63. The van der Waals surface area contributed by atoms with Gasteiger partial charge >= 0.3 is 0 Å². The van der Waals surface area contributed by atoms with Gasteiger partial charge in [-0.25, -0.2) is 0 Å². The summed E-state index contributed by atoms with van der Waals surface area (Å²) in [5.74, 6) is 0.305. The lowest BCUT2D eigenvalue weighted by molar-refractivity contribution is -0.122. The molecule has 2 aromatic rings. The highest BCUT2D eigenvalue weighted by Crippen LogP contribution is 2.05. The van der Waals surface area contributed by atoms with Crippen LogP contribution in [0.15, 0.2) is 42.7 Å². The smallest absolute Gasteiger partial charge is 0.237 e. The average Bonchev–Trinajstić information content (AvgIpc) is 2.92. The second-order valence-electron chi connectivity index (χ2n) is 5.99. The quantitative estimate of drug-likeness (QED) is 0.815. The molecule has 126 valence electrons. The number of amides is 1. The molecule has 0 aliphatic carbocycles. The Bertz CT molecular complexity index is 598. The first-order valence-electron chi connectivity index (χ1n) is 7.63. The van der Waals surface area contributed by atoms with Crippen molar-refractivity contribution < 1.29 is 4.79 Å². The number of nitrogens with two attached hydrogens (primary N) is 1. The minimum Gasteiger partial charge on any atom is -0.351 e. The predicted molar refractivity (Wildman–Crippen MR) is 94.3 cm³/mol. The molecule has 2 rings (SSSR count). The number of aromatic nitrogens is 2. The Morgan fingerprint density at radius 2 is 1.96 bits per heavy atom. The summed E-state index contributed by atoms with van der Waals surface area (Å²) in [6.07, 6.45) is 4.41. The molecule has 0 saturated carbocycles. The zero-order chi connectivity index (χ0) is 15.9. The van der Waals surface area contributed by atoms with Gasteiger partial charge in [-0.3, -0.25) is 9.48 Å². The Morgan fingerprint density at radius 3 is 2.61 bits per heavy atom. The summed E-state index contributed by atoms with van der Waals surface area (Å²) in [6, 6.07) is 9.70. The summed E-state index contributed by atoms with van der Waals surface area (Å²) in [4.78, 5) is 11.9. The summed E-state index contributed by atoms with van der Waals surface area (Å²) < 4.78 is 1.87. The van der Waals surface area contributed by atoms with Crippen molar-refractivity contribution in [2.45, 2.75) is 39.4 Å². The van der Waals surface area contributed by atoms with Gasteiger partial charge in [0.05, 0.1) is 18.8 Å². The molecule has 1 aromatic carbocycles. The highest BCUT2D eigenvalue weighted by atomic mass is 35.5.